The Kier molecular flexibility index (Phi) is 10.2. The van der Waals surface area contributed by atoms with Crippen molar-refractivity contribution in [3.63, 3.8) is 0 Å². The first-order valence-corrected chi connectivity index (χ1v) is 4.04. The molecule has 0 unspecified atom stereocenters. The van der Waals surface area contributed by atoms with Gasteiger partial charge in [0.15, 0.2) is 12.3 Å². The molecule has 0 amide bonds. The van der Waals surface area contributed by atoms with Gasteiger partial charge in [-0.15, -0.1) is 0 Å². The summed E-state index contributed by atoms with van der Waals surface area (Å²) in [5, 5.41) is 0. The van der Waals surface area contributed by atoms with Crippen LogP contribution in [0.4, 0.5) is 18.6 Å². The zero-order chi connectivity index (χ0) is 11.7. The number of hydrogen-bond donors (Lipinski definition) is 0. The summed E-state index contributed by atoms with van der Waals surface area (Å²) in [6.07, 6.45) is 3.44. The fourth-order valence-electron chi connectivity index (χ4n) is 0.715. The zero-order valence-electron chi connectivity index (χ0n) is 8.41. The van der Waals surface area contributed by atoms with E-state index < -0.39 is 7.54 Å². The van der Waals surface area contributed by atoms with Gasteiger partial charge in [0.25, 0.3) is 0 Å². The minimum Gasteiger partial charge on any atom is -1.00 e. The van der Waals surface area contributed by atoms with Crippen LogP contribution < -0.4 is 14.3 Å². The highest BCUT2D eigenvalue weighted by Crippen LogP contribution is 2.05. The van der Waals surface area contributed by atoms with Crippen molar-refractivity contribution in [2.24, 2.45) is 0 Å². The van der Waals surface area contributed by atoms with Crippen molar-refractivity contribution in [1.29, 1.82) is 0 Å². The monoisotopic (exact) mass is 236 g/mol. The summed E-state index contributed by atoms with van der Waals surface area (Å²) in [7, 11) is -3.67. The second-order valence-corrected chi connectivity index (χ2v) is 2.19. The molecule has 0 bridgehead atoms. The van der Waals surface area contributed by atoms with E-state index in [0.29, 0.717) is 12.3 Å². The van der Waals surface area contributed by atoms with Crippen LogP contribution in [0, 0.1) is 6.57 Å². The van der Waals surface area contributed by atoms with Crippen molar-refractivity contribution in [3.8, 4) is 0 Å². The van der Waals surface area contributed by atoms with E-state index in [1.165, 1.54) is 0 Å². The van der Waals surface area contributed by atoms with E-state index in [1.807, 2.05) is 6.92 Å². The summed E-state index contributed by atoms with van der Waals surface area (Å²) in [6, 6.07) is 3.42. The topological polar surface area (TPSA) is 17.5 Å². The van der Waals surface area contributed by atoms with Gasteiger partial charge in [-0.1, -0.05) is 0 Å². The maximum Gasteiger partial charge on any atom is 0.762 e. The first-order valence-electron chi connectivity index (χ1n) is 4.04. The van der Waals surface area contributed by atoms with E-state index >= 15 is 0 Å². The molecule has 88 valence electrons. The molecule has 0 radical (unpaired) electrons. The lowest BCUT2D eigenvalue weighted by Crippen LogP contribution is -3.00. The molecular weight excluding hydrogens is 227 g/mol. The molecule has 0 aliphatic rings. The molecule has 1 heterocycles. The van der Waals surface area contributed by atoms with Crippen molar-refractivity contribution in [2.45, 2.75) is 6.92 Å². The molecular formula is C8H9BF4N2O. The molecule has 0 aliphatic heterocycles. The van der Waals surface area contributed by atoms with Crippen molar-refractivity contribution >= 4 is 13.2 Å². The molecule has 0 fully saturated rings. The fourth-order valence-corrected chi connectivity index (χ4v) is 0.715. The van der Waals surface area contributed by atoms with Crippen LogP contribution in [-0.2, 0) is 0 Å². The molecule has 0 aliphatic carbocycles. The molecule has 1 aromatic rings. The van der Waals surface area contributed by atoms with Gasteiger partial charge in [0.05, 0.1) is 6.57 Å². The highest BCUT2D eigenvalue weighted by Gasteiger charge is 2.06. The minimum absolute atomic E-state index is 0. The number of aromatic nitrogens is 1. The first kappa shape index (κ1) is 16.6. The van der Waals surface area contributed by atoms with Crippen LogP contribution in [-0.4, -0.2) is 14.2 Å². The van der Waals surface area contributed by atoms with Gasteiger partial charge >= 0.3 is 7.54 Å². The SMILES string of the molecule is FB(F)F.[C-]#[N+]c1cc[n+](OCC)cc1.[F-]. The van der Waals surface area contributed by atoms with Crippen LogP contribution in [0.1, 0.15) is 6.92 Å². The lowest BCUT2D eigenvalue weighted by Gasteiger charge is -1.91. The predicted molar refractivity (Wildman–Crippen MR) is 49.1 cm³/mol. The van der Waals surface area contributed by atoms with Gasteiger partial charge in [0.2, 0.25) is 12.4 Å². The van der Waals surface area contributed by atoms with Crippen molar-refractivity contribution < 1.29 is 27.2 Å². The summed E-state index contributed by atoms with van der Waals surface area (Å²) in [4.78, 5) is 8.37. The normalized spacial score (nSPS) is 7.69. The molecule has 0 saturated carbocycles. The Balaban J connectivity index is 0. The molecule has 0 N–H and O–H groups in total. The molecule has 1 rings (SSSR count). The molecule has 0 atom stereocenters. The number of rotatable bonds is 2. The van der Waals surface area contributed by atoms with Gasteiger partial charge in [-0.2, -0.15) is 0 Å². The smallest absolute Gasteiger partial charge is 0.762 e. The standard InChI is InChI=1S/C8H9N2O.BF3.FH/c1-3-11-10-6-4-8(9-2)5-7-10;2-1(3)4;/h4-7H,3H2,1H3;;1H/q+1;;/p-1. The average Bonchev–Trinajstić information content (AvgIpc) is 2.19. The Bertz CT molecular complexity index is 312. The van der Waals surface area contributed by atoms with Crippen LogP contribution in [0.2, 0.25) is 0 Å². The van der Waals surface area contributed by atoms with E-state index in [-0.39, 0.29) is 4.70 Å². The fraction of sp³-hybridized carbons (Fsp3) is 0.250. The van der Waals surface area contributed by atoms with Crippen LogP contribution in [0.5, 0.6) is 0 Å². The molecule has 0 aromatic carbocycles. The van der Waals surface area contributed by atoms with Crippen LogP contribution >= 0.6 is 0 Å². The second kappa shape index (κ2) is 9.77. The van der Waals surface area contributed by atoms with Gasteiger partial charge < -0.3 is 4.70 Å². The Hall–Kier alpha value is -1.78. The second-order valence-electron chi connectivity index (χ2n) is 2.19. The molecule has 1 aromatic heterocycles. The third kappa shape index (κ3) is 8.81. The third-order valence-corrected chi connectivity index (χ3v) is 1.19. The molecule has 0 saturated heterocycles. The third-order valence-electron chi connectivity index (χ3n) is 1.19. The van der Waals surface area contributed by atoms with E-state index in [0.717, 1.165) is 0 Å². The summed E-state index contributed by atoms with van der Waals surface area (Å²) in [6.45, 7) is 9.23. The number of halogens is 4. The highest BCUT2D eigenvalue weighted by atomic mass is 19.4. The Morgan fingerprint density at radius 2 is 1.81 bits per heavy atom. The zero-order valence-corrected chi connectivity index (χ0v) is 8.41. The van der Waals surface area contributed by atoms with Gasteiger partial charge in [0, 0.05) is 16.9 Å². The van der Waals surface area contributed by atoms with E-state index in [1.54, 1.807) is 29.3 Å². The average molecular weight is 236 g/mol. The summed E-state index contributed by atoms with van der Waals surface area (Å²) >= 11 is 0. The lowest BCUT2D eigenvalue weighted by molar-refractivity contribution is -0.890. The summed E-state index contributed by atoms with van der Waals surface area (Å²) < 4.78 is 30.6. The largest absolute Gasteiger partial charge is 1.00 e. The van der Waals surface area contributed by atoms with Gasteiger partial charge in [0.1, 0.15) is 0 Å². The Morgan fingerprint density at radius 1 is 1.38 bits per heavy atom. The van der Waals surface area contributed by atoms with Gasteiger partial charge in [-0.05, 0) is 6.92 Å². The molecule has 16 heavy (non-hydrogen) atoms. The van der Waals surface area contributed by atoms with Crippen molar-refractivity contribution in [2.75, 3.05) is 6.61 Å². The summed E-state index contributed by atoms with van der Waals surface area (Å²) in [5.41, 5.74) is 0.626. The Labute approximate surface area is 90.8 Å². The van der Waals surface area contributed by atoms with Crippen molar-refractivity contribution in [1.82, 2.24) is 0 Å². The van der Waals surface area contributed by atoms with Crippen LogP contribution in [0.3, 0.4) is 0 Å². The molecule has 3 nitrogen and oxygen atoms in total. The number of hydrogen-bond acceptors (Lipinski definition) is 1. The van der Waals surface area contributed by atoms with Crippen LogP contribution in [0.25, 0.3) is 4.85 Å². The number of pyridine rings is 1. The molecule has 0 spiro atoms. The maximum absolute atomic E-state index is 9.67. The first-order chi connectivity index (χ1) is 7.10. The Morgan fingerprint density at radius 3 is 2.12 bits per heavy atom. The number of nitrogens with zero attached hydrogens (tertiary/aromatic N) is 2. The van der Waals surface area contributed by atoms with E-state index in [4.69, 9.17) is 11.4 Å². The minimum atomic E-state index is -3.67. The highest BCUT2D eigenvalue weighted by molar-refractivity contribution is 6.33. The lowest BCUT2D eigenvalue weighted by atomic mass is 10.4. The quantitative estimate of drug-likeness (QED) is 0.274. The molecule has 8 heteroatoms. The van der Waals surface area contributed by atoms with E-state index in [2.05, 4.69) is 4.85 Å². The van der Waals surface area contributed by atoms with E-state index in [9.17, 15) is 12.9 Å². The van der Waals surface area contributed by atoms with Gasteiger partial charge in [-0.3, -0.25) is 17.8 Å². The predicted octanol–water partition coefficient (Wildman–Crippen LogP) is -1.14. The maximum atomic E-state index is 9.67. The van der Waals surface area contributed by atoms with Gasteiger partial charge in [-0.25, -0.2) is 4.85 Å². The van der Waals surface area contributed by atoms with Crippen LogP contribution in [0.15, 0.2) is 24.5 Å². The van der Waals surface area contributed by atoms with Crippen molar-refractivity contribution in [3.05, 3.63) is 35.9 Å². The summed E-state index contributed by atoms with van der Waals surface area (Å²) in [5.74, 6) is 0.